The maximum atomic E-state index is 10.5. The standard InChI is InChI=1S/C11H11BrN2O/c1-7(5-6-15)8-3-2-4-9-10(8)11(12)14-13-9/h2-4,6-7H,5H2,1H3,(H,13,14). The Morgan fingerprint density at radius 2 is 2.40 bits per heavy atom. The zero-order valence-corrected chi connectivity index (χ0v) is 9.91. The molecule has 0 saturated heterocycles. The molecule has 2 aromatic rings. The van der Waals surface area contributed by atoms with Crippen LogP contribution in [0.3, 0.4) is 0 Å². The molecule has 0 saturated carbocycles. The third kappa shape index (κ3) is 1.81. The van der Waals surface area contributed by atoms with Crippen LogP contribution in [0, 0.1) is 0 Å². The van der Waals surface area contributed by atoms with Gasteiger partial charge in [0.1, 0.15) is 10.9 Å². The van der Waals surface area contributed by atoms with Crippen molar-refractivity contribution in [2.24, 2.45) is 0 Å². The molecule has 4 heteroatoms. The molecule has 0 spiro atoms. The SMILES string of the molecule is CC(CC=O)c1cccc2n[nH]c(Br)c12. The van der Waals surface area contributed by atoms with Gasteiger partial charge in [-0.1, -0.05) is 19.1 Å². The van der Waals surface area contributed by atoms with Gasteiger partial charge in [-0.3, -0.25) is 5.10 Å². The van der Waals surface area contributed by atoms with Gasteiger partial charge in [0, 0.05) is 11.8 Å². The molecule has 0 aliphatic rings. The monoisotopic (exact) mass is 266 g/mol. The van der Waals surface area contributed by atoms with E-state index in [0.717, 1.165) is 27.4 Å². The number of benzene rings is 1. The first-order chi connectivity index (χ1) is 7.24. The van der Waals surface area contributed by atoms with E-state index in [4.69, 9.17) is 0 Å². The number of H-pyrrole nitrogens is 1. The van der Waals surface area contributed by atoms with Crippen LogP contribution in [0.2, 0.25) is 0 Å². The number of aromatic amines is 1. The average Bonchev–Trinajstić information content (AvgIpc) is 2.61. The van der Waals surface area contributed by atoms with E-state index in [1.807, 2.05) is 25.1 Å². The van der Waals surface area contributed by atoms with Gasteiger partial charge < -0.3 is 4.79 Å². The largest absolute Gasteiger partial charge is 0.303 e. The first kappa shape index (κ1) is 10.4. The van der Waals surface area contributed by atoms with Crippen LogP contribution >= 0.6 is 15.9 Å². The van der Waals surface area contributed by atoms with Gasteiger partial charge in [0.25, 0.3) is 0 Å². The van der Waals surface area contributed by atoms with Crippen LogP contribution in [0.1, 0.15) is 24.8 Å². The lowest BCUT2D eigenvalue weighted by Crippen LogP contribution is -1.94. The fraction of sp³-hybridized carbons (Fsp3) is 0.273. The Kier molecular flexibility index (Phi) is 2.86. The number of halogens is 1. The molecule has 0 aliphatic carbocycles. The molecule has 1 atom stereocenters. The molecule has 0 fully saturated rings. The van der Waals surface area contributed by atoms with Gasteiger partial charge in [-0.2, -0.15) is 5.10 Å². The van der Waals surface area contributed by atoms with Crippen molar-refractivity contribution in [3.63, 3.8) is 0 Å². The van der Waals surface area contributed by atoms with E-state index < -0.39 is 0 Å². The Morgan fingerprint density at radius 1 is 1.60 bits per heavy atom. The summed E-state index contributed by atoms with van der Waals surface area (Å²) in [7, 11) is 0. The molecule has 2 rings (SSSR count). The molecular weight excluding hydrogens is 256 g/mol. The number of hydrogen-bond donors (Lipinski definition) is 1. The van der Waals surface area contributed by atoms with Crippen LogP contribution in [0.15, 0.2) is 22.8 Å². The second-order valence-electron chi connectivity index (χ2n) is 3.58. The summed E-state index contributed by atoms with van der Waals surface area (Å²) in [4.78, 5) is 10.5. The molecule has 3 nitrogen and oxygen atoms in total. The molecule has 1 heterocycles. The summed E-state index contributed by atoms with van der Waals surface area (Å²) < 4.78 is 0.880. The van der Waals surface area contributed by atoms with Gasteiger partial charge in [0.15, 0.2) is 0 Å². The van der Waals surface area contributed by atoms with Crippen molar-refractivity contribution in [3.05, 3.63) is 28.4 Å². The maximum absolute atomic E-state index is 10.5. The van der Waals surface area contributed by atoms with Crippen LogP contribution in [0.5, 0.6) is 0 Å². The smallest absolute Gasteiger partial charge is 0.120 e. The van der Waals surface area contributed by atoms with E-state index in [0.29, 0.717) is 6.42 Å². The summed E-state index contributed by atoms with van der Waals surface area (Å²) >= 11 is 3.43. The van der Waals surface area contributed by atoms with Gasteiger partial charge in [0.05, 0.1) is 5.52 Å². The van der Waals surface area contributed by atoms with Gasteiger partial charge in [-0.25, -0.2) is 0 Å². The molecule has 15 heavy (non-hydrogen) atoms. The second-order valence-corrected chi connectivity index (χ2v) is 4.38. The lowest BCUT2D eigenvalue weighted by atomic mass is 9.95. The third-order valence-electron chi connectivity index (χ3n) is 2.55. The number of carbonyl (C=O) groups is 1. The molecule has 1 aromatic heterocycles. The topological polar surface area (TPSA) is 45.8 Å². The van der Waals surface area contributed by atoms with Crippen LogP contribution in [0.4, 0.5) is 0 Å². The van der Waals surface area contributed by atoms with Crippen molar-refractivity contribution >= 4 is 33.1 Å². The van der Waals surface area contributed by atoms with Crippen molar-refractivity contribution in [1.82, 2.24) is 10.2 Å². The minimum absolute atomic E-state index is 0.222. The molecule has 0 bridgehead atoms. The van der Waals surface area contributed by atoms with E-state index in [1.54, 1.807) is 0 Å². The molecule has 1 N–H and O–H groups in total. The highest BCUT2D eigenvalue weighted by Gasteiger charge is 2.12. The van der Waals surface area contributed by atoms with E-state index >= 15 is 0 Å². The summed E-state index contributed by atoms with van der Waals surface area (Å²) in [5.74, 6) is 0.222. The van der Waals surface area contributed by atoms with E-state index in [9.17, 15) is 4.79 Å². The van der Waals surface area contributed by atoms with Crippen molar-refractivity contribution in [3.8, 4) is 0 Å². The number of nitrogens with one attached hydrogen (secondary N) is 1. The maximum Gasteiger partial charge on any atom is 0.120 e. The van der Waals surface area contributed by atoms with Crippen LogP contribution < -0.4 is 0 Å². The Hall–Kier alpha value is -1.16. The number of aromatic nitrogens is 2. The van der Waals surface area contributed by atoms with Crippen LogP contribution in [-0.4, -0.2) is 16.5 Å². The fourth-order valence-corrected chi connectivity index (χ4v) is 2.26. The fourth-order valence-electron chi connectivity index (χ4n) is 1.74. The van der Waals surface area contributed by atoms with Crippen molar-refractivity contribution < 1.29 is 4.79 Å². The predicted octanol–water partition coefficient (Wildman–Crippen LogP) is 3.02. The Labute approximate surface area is 96.0 Å². The van der Waals surface area contributed by atoms with Gasteiger partial charge in [-0.15, -0.1) is 0 Å². The Morgan fingerprint density at radius 3 is 3.13 bits per heavy atom. The zero-order valence-electron chi connectivity index (χ0n) is 8.33. The summed E-state index contributed by atoms with van der Waals surface area (Å²) in [5.41, 5.74) is 2.08. The minimum atomic E-state index is 0.222. The molecule has 0 radical (unpaired) electrons. The predicted molar refractivity (Wildman–Crippen MR) is 62.9 cm³/mol. The number of rotatable bonds is 3. The summed E-state index contributed by atoms with van der Waals surface area (Å²) in [5, 5.41) is 8.13. The third-order valence-corrected chi connectivity index (χ3v) is 3.12. The van der Waals surface area contributed by atoms with Gasteiger partial charge in [-0.05, 0) is 33.5 Å². The highest BCUT2D eigenvalue weighted by Crippen LogP contribution is 2.30. The first-order valence-corrected chi connectivity index (χ1v) is 5.59. The molecule has 1 aromatic carbocycles. The number of carbonyl (C=O) groups excluding carboxylic acids is 1. The van der Waals surface area contributed by atoms with Crippen LogP contribution in [-0.2, 0) is 4.79 Å². The quantitative estimate of drug-likeness (QED) is 0.869. The molecule has 1 unspecified atom stereocenters. The highest BCUT2D eigenvalue weighted by molar-refractivity contribution is 9.10. The molecular formula is C11H11BrN2O. The van der Waals surface area contributed by atoms with Gasteiger partial charge in [0.2, 0.25) is 0 Å². The highest BCUT2D eigenvalue weighted by atomic mass is 79.9. The summed E-state index contributed by atoms with van der Waals surface area (Å²) in [6.45, 7) is 2.04. The van der Waals surface area contributed by atoms with Crippen molar-refractivity contribution in [2.45, 2.75) is 19.3 Å². The van der Waals surface area contributed by atoms with E-state index in [1.165, 1.54) is 0 Å². The number of nitrogens with zero attached hydrogens (tertiary/aromatic N) is 1. The second kappa shape index (κ2) is 4.14. The Bertz CT molecular complexity index is 492. The molecule has 0 amide bonds. The first-order valence-electron chi connectivity index (χ1n) is 4.80. The van der Waals surface area contributed by atoms with Crippen molar-refractivity contribution in [2.75, 3.05) is 0 Å². The molecule has 0 aliphatic heterocycles. The Balaban J connectivity index is 2.58. The van der Waals surface area contributed by atoms with E-state index in [2.05, 4.69) is 26.1 Å². The number of fused-ring (bicyclic) bond motifs is 1. The normalized spacial score (nSPS) is 12.9. The average molecular weight is 267 g/mol. The van der Waals surface area contributed by atoms with Crippen molar-refractivity contribution in [1.29, 1.82) is 0 Å². The lowest BCUT2D eigenvalue weighted by Gasteiger charge is -2.09. The minimum Gasteiger partial charge on any atom is -0.303 e. The van der Waals surface area contributed by atoms with Crippen LogP contribution in [0.25, 0.3) is 10.9 Å². The number of hydrogen-bond acceptors (Lipinski definition) is 2. The molecule has 78 valence electrons. The summed E-state index contributed by atoms with van der Waals surface area (Å²) in [6.07, 6.45) is 1.49. The zero-order chi connectivity index (χ0) is 10.8. The number of aldehydes is 1. The summed E-state index contributed by atoms with van der Waals surface area (Å²) in [6, 6.07) is 5.96. The van der Waals surface area contributed by atoms with Gasteiger partial charge >= 0.3 is 0 Å². The lowest BCUT2D eigenvalue weighted by molar-refractivity contribution is -0.108. The van der Waals surface area contributed by atoms with E-state index in [-0.39, 0.29) is 5.92 Å².